The van der Waals surface area contributed by atoms with E-state index in [0.717, 1.165) is 19.6 Å². The Balaban J connectivity index is 1.56. The van der Waals surface area contributed by atoms with Crippen molar-refractivity contribution in [3.8, 4) is 0 Å². The molecule has 0 unspecified atom stereocenters. The standard InChI is InChI=1S/C19H32BFN4O2/c1-6-9-24-10-7-15(8-11-24)13-25-14-16(22-23-25)12-17(21)20-26-18(2,3)19(4,5)27-20/h12,14-15H,6-11,13H2,1-5H3. The monoisotopic (exact) mass is 378 g/mol. The quantitative estimate of drug-likeness (QED) is 0.711. The highest BCUT2D eigenvalue weighted by Gasteiger charge is 2.53. The summed E-state index contributed by atoms with van der Waals surface area (Å²) in [6.45, 7) is 14.2. The lowest BCUT2D eigenvalue weighted by Crippen LogP contribution is -2.41. The Bertz CT molecular complexity index is 652. The molecular formula is C19H32BFN4O2. The molecule has 2 fully saturated rings. The second kappa shape index (κ2) is 8.01. The SMILES string of the molecule is CCCN1CCC(Cn2cc(C=C(F)B3OC(C)(C)C(C)(C)O3)nn2)CC1. The molecule has 3 rings (SSSR count). The van der Waals surface area contributed by atoms with Gasteiger partial charge in [-0.3, -0.25) is 4.68 Å². The molecule has 1 aromatic heterocycles. The van der Waals surface area contributed by atoms with Gasteiger partial charge in [0.2, 0.25) is 0 Å². The minimum atomic E-state index is -0.997. The van der Waals surface area contributed by atoms with E-state index in [1.807, 2.05) is 32.4 Å². The van der Waals surface area contributed by atoms with Gasteiger partial charge in [0.1, 0.15) is 11.4 Å². The fourth-order valence-electron chi connectivity index (χ4n) is 3.61. The van der Waals surface area contributed by atoms with Crippen molar-refractivity contribution in [2.24, 2.45) is 5.92 Å². The molecule has 3 heterocycles. The van der Waals surface area contributed by atoms with E-state index < -0.39 is 24.0 Å². The van der Waals surface area contributed by atoms with E-state index in [1.54, 1.807) is 6.20 Å². The van der Waals surface area contributed by atoms with Gasteiger partial charge in [-0.15, -0.1) is 5.10 Å². The molecule has 1 aromatic rings. The van der Waals surface area contributed by atoms with Crippen LogP contribution in [0.2, 0.25) is 0 Å². The Morgan fingerprint density at radius 1 is 1.26 bits per heavy atom. The number of halogens is 1. The van der Waals surface area contributed by atoms with E-state index in [-0.39, 0.29) is 0 Å². The smallest absolute Gasteiger partial charge is 0.398 e. The van der Waals surface area contributed by atoms with Gasteiger partial charge in [0.25, 0.3) is 0 Å². The maximum atomic E-state index is 14.6. The third-order valence-corrected chi connectivity index (χ3v) is 6.01. The maximum Gasteiger partial charge on any atom is 0.525 e. The molecule has 0 aromatic carbocycles. The van der Waals surface area contributed by atoms with Crippen LogP contribution in [0.5, 0.6) is 0 Å². The van der Waals surface area contributed by atoms with Crippen LogP contribution in [0, 0.1) is 5.92 Å². The van der Waals surface area contributed by atoms with Crippen LogP contribution >= 0.6 is 0 Å². The van der Waals surface area contributed by atoms with Crippen molar-refractivity contribution in [3.05, 3.63) is 17.6 Å². The summed E-state index contributed by atoms with van der Waals surface area (Å²) in [6.07, 6.45) is 6.71. The maximum absolute atomic E-state index is 14.6. The number of piperidine rings is 1. The van der Waals surface area contributed by atoms with Crippen molar-refractivity contribution in [2.75, 3.05) is 19.6 Å². The first-order valence-corrected chi connectivity index (χ1v) is 10.1. The normalized spacial score (nSPS) is 23.9. The summed E-state index contributed by atoms with van der Waals surface area (Å²) < 4.78 is 27.9. The molecule has 2 aliphatic rings. The van der Waals surface area contributed by atoms with Crippen LogP contribution in [0.25, 0.3) is 6.08 Å². The van der Waals surface area contributed by atoms with Crippen molar-refractivity contribution in [3.63, 3.8) is 0 Å². The van der Waals surface area contributed by atoms with Gasteiger partial charge >= 0.3 is 7.12 Å². The van der Waals surface area contributed by atoms with E-state index in [9.17, 15) is 4.39 Å². The molecule has 0 aliphatic carbocycles. The number of hydrogen-bond acceptors (Lipinski definition) is 5. The van der Waals surface area contributed by atoms with Gasteiger partial charge in [-0.25, -0.2) is 4.39 Å². The fraction of sp³-hybridized carbons (Fsp3) is 0.789. The summed E-state index contributed by atoms with van der Waals surface area (Å²) in [5.74, 6) is 0.601. The second-order valence-corrected chi connectivity index (χ2v) is 8.77. The second-order valence-electron chi connectivity index (χ2n) is 8.77. The Morgan fingerprint density at radius 2 is 1.89 bits per heavy atom. The molecule has 2 aliphatic heterocycles. The molecular weight excluding hydrogens is 346 g/mol. The summed E-state index contributed by atoms with van der Waals surface area (Å²) in [5, 5.41) is 8.25. The fourth-order valence-corrected chi connectivity index (χ4v) is 3.61. The zero-order chi connectivity index (χ0) is 19.7. The lowest BCUT2D eigenvalue weighted by molar-refractivity contribution is 0.00578. The van der Waals surface area contributed by atoms with Gasteiger partial charge in [0, 0.05) is 6.54 Å². The number of nitrogens with zero attached hydrogens (tertiary/aromatic N) is 4. The first-order chi connectivity index (χ1) is 12.7. The predicted molar refractivity (Wildman–Crippen MR) is 105 cm³/mol. The topological polar surface area (TPSA) is 52.4 Å². The van der Waals surface area contributed by atoms with Crippen LogP contribution in [-0.2, 0) is 15.9 Å². The molecule has 0 N–H and O–H groups in total. The number of hydrogen-bond donors (Lipinski definition) is 0. The van der Waals surface area contributed by atoms with Gasteiger partial charge < -0.3 is 14.2 Å². The Hall–Kier alpha value is -1.25. The zero-order valence-electron chi connectivity index (χ0n) is 17.2. The van der Waals surface area contributed by atoms with Crippen LogP contribution in [0.15, 0.2) is 11.9 Å². The van der Waals surface area contributed by atoms with Gasteiger partial charge in [-0.1, -0.05) is 12.1 Å². The average Bonchev–Trinajstić information content (AvgIpc) is 3.11. The first-order valence-electron chi connectivity index (χ1n) is 10.1. The van der Waals surface area contributed by atoms with Crippen molar-refractivity contribution in [2.45, 2.75) is 71.6 Å². The van der Waals surface area contributed by atoms with Gasteiger partial charge in [0.15, 0.2) is 0 Å². The molecule has 27 heavy (non-hydrogen) atoms. The van der Waals surface area contributed by atoms with Crippen molar-refractivity contribution in [1.29, 1.82) is 0 Å². The lowest BCUT2D eigenvalue weighted by atomic mass is 9.87. The van der Waals surface area contributed by atoms with Crippen molar-refractivity contribution in [1.82, 2.24) is 19.9 Å². The first kappa shape index (κ1) is 20.5. The Kier molecular flexibility index (Phi) is 6.08. The van der Waals surface area contributed by atoms with E-state index >= 15 is 0 Å². The van der Waals surface area contributed by atoms with Crippen molar-refractivity contribution < 1.29 is 13.7 Å². The van der Waals surface area contributed by atoms with Crippen LogP contribution in [0.1, 0.15) is 59.6 Å². The molecule has 0 bridgehead atoms. The molecule has 6 nitrogen and oxygen atoms in total. The van der Waals surface area contributed by atoms with E-state index in [0.29, 0.717) is 11.6 Å². The molecule has 0 amide bonds. The van der Waals surface area contributed by atoms with Crippen molar-refractivity contribution >= 4 is 13.2 Å². The molecule has 0 radical (unpaired) electrons. The summed E-state index contributed by atoms with van der Waals surface area (Å²) in [7, 11) is -0.997. The minimum Gasteiger partial charge on any atom is -0.398 e. The molecule has 0 saturated carbocycles. The highest BCUT2D eigenvalue weighted by molar-refractivity contribution is 6.54. The van der Waals surface area contributed by atoms with Gasteiger partial charge in [-0.05, 0) is 78.6 Å². The largest absolute Gasteiger partial charge is 0.525 e. The zero-order valence-corrected chi connectivity index (χ0v) is 17.2. The van der Waals surface area contributed by atoms with Gasteiger partial charge in [0.05, 0.1) is 17.4 Å². The number of likely N-dealkylation sites (tertiary alicyclic amines) is 1. The molecule has 0 atom stereocenters. The predicted octanol–water partition coefficient (Wildman–Crippen LogP) is 3.34. The van der Waals surface area contributed by atoms with Crippen LogP contribution in [0.4, 0.5) is 4.39 Å². The summed E-state index contributed by atoms with van der Waals surface area (Å²) in [6, 6.07) is 0. The van der Waals surface area contributed by atoms with Gasteiger partial charge in [-0.2, -0.15) is 0 Å². The Morgan fingerprint density at radius 3 is 2.48 bits per heavy atom. The van der Waals surface area contributed by atoms with Crippen LogP contribution in [0.3, 0.4) is 0 Å². The Labute approximate surface area is 162 Å². The molecule has 150 valence electrons. The highest BCUT2D eigenvalue weighted by Crippen LogP contribution is 2.39. The van der Waals surface area contributed by atoms with E-state index in [4.69, 9.17) is 9.31 Å². The average molecular weight is 378 g/mol. The number of rotatable bonds is 6. The van der Waals surface area contributed by atoms with Crippen LogP contribution < -0.4 is 0 Å². The van der Waals surface area contributed by atoms with E-state index in [2.05, 4.69) is 22.1 Å². The lowest BCUT2D eigenvalue weighted by Gasteiger charge is -2.32. The third kappa shape index (κ3) is 4.79. The highest BCUT2D eigenvalue weighted by atomic mass is 19.1. The number of aromatic nitrogens is 3. The van der Waals surface area contributed by atoms with E-state index in [1.165, 1.54) is 31.9 Å². The molecule has 2 saturated heterocycles. The third-order valence-electron chi connectivity index (χ3n) is 6.01. The summed E-state index contributed by atoms with van der Waals surface area (Å²) in [4.78, 5) is 2.52. The molecule has 0 spiro atoms. The van der Waals surface area contributed by atoms with Crippen LogP contribution in [-0.4, -0.2) is 57.8 Å². The summed E-state index contributed by atoms with van der Waals surface area (Å²) in [5.41, 5.74) is -1.11. The summed E-state index contributed by atoms with van der Waals surface area (Å²) >= 11 is 0. The molecule has 8 heteroatoms. The minimum absolute atomic E-state index is 0.478.